The molecule has 2 saturated heterocycles. The number of carbonyl (C=O) groups excluding carboxylic acids is 1. The summed E-state index contributed by atoms with van der Waals surface area (Å²) in [4.78, 5) is 17.2. The Morgan fingerprint density at radius 1 is 1.32 bits per heavy atom. The van der Waals surface area contributed by atoms with Gasteiger partial charge in [0.25, 0.3) is 5.91 Å². The molecule has 6 heteroatoms. The molecule has 0 aliphatic carbocycles. The zero-order valence-corrected chi connectivity index (χ0v) is 13.6. The van der Waals surface area contributed by atoms with E-state index in [0.29, 0.717) is 22.4 Å². The lowest BCUT2D eigenvalue weighted by Crippen LogP contribution is -2.49. The topological polar surface area (TPSA) is 44.8 Å². The Kier molecular flexibility index (Phi) is 4.86. The Bertz CT molecular complexity index is 546. The Morgan fingerprint density at radius 3 is 2.82 bits per heavy atom. The number of hydrogen-bond donors (Lipinski definition) is 1. The number of benzene rings is 1. The van der Waals surface area contributed by atoms with Gasteiger partial charge >= 0.3 is 0 Å². The first kappa shape index (κ1) is 15.6. The number of halogens is 1. The second-order valence-electron chi connectivity index (χ2n) is 5.82. The zero-order chi connectivity index (χ0) is 15.5. The first-order valence-corrected chi connectivity index (χ1v) is 8.14. The fourth-order valence-electron chi connectivity index (χ4n) is 3.29. The second kappa shape index (κ2) is 6.86. The molecule has 2 fully saturated rings. The van der Waals surface area contributed by atoms with E-state index < -0.39 is 0 Å². The summed E-state index contributed by atoms with van der Waals surface area (Å²) in [7, 11) is 1.58. The van der Waals surface area contributed by atoms with Crippen molar-refractivity contribution in [3.05, 3.63) is 28.8 Å². The van der Waals surface area contributed by atoms with Crippen LogP contribution in [0.2, 0.25) is 5.02 Å². The van der Waals surface area contributed by atoms with Crippen molar-refractivity contribution in [2.75, 3.05) is 46.4 Å². The second-order valence-corrected chi connectivity index (χ2v) is 6.26. The normalized spacial score (nSPS) is 22.8. The van der Waals surface area contributed by atoms with E-state index in [9.17, 15) is 4.79 Å². The molecule has 22 heavy (non-hydrogen) atoms. The lowest BCUT2D eigenvalue weighted by molar-refractivity contribution is 0.0770. The summed E-state index contributed by atoms with van der Waals surface area (Å²) < 4.78 is 5.30. The minimum absolute atomic E-state index is 0.0111. The van der Waals surface area contributed by atoms with Gasteiger partial charge in [-0.05, 0) is 24.6 Å². The Morgan fingerprint density at radius 2 is 2.09 bits per heavy atom. The van der Waals surface area contributed by atoms with Crippen molar-refractivity contribution in [3.63, 3.8) is 0 Å². The van der Waals surface area contributed by atoms with E-state index in [4.69, 9.17) is 16.3 Å². The summed E-state index contributed by atoms with van der Waals surface area (Å²) in [5.74, 6) is 0.594. The van der Waals surface area contributed by atoms with Gasteiger partial charge in [-0.2, -0.15) is 0 Å². The van der Waals surface area contributed by atoms with Crippen LogP contribution in [0.1, 0.15) is 16.8 Å². The predicted molar refractivity (Wildman–Crippen MR) is 86.8 cm³/mol. The molecular weight excluding hydrogens is 302 g/mol. The molecule has 1 amide bonds. The van der Waals surface area contributed by atoms with Crippen molar-refractivity contribution in [2.45, 2.75) is 12.5 Å². The number of hydrogen-bond acceptors (Lipinski definition) is 4. The molecule has 1 aromatic carbocycles. The van der Waals surface area contributed by atoms with Gasteiger partial charge in [-0.15, -0.1) is 0 Å². The van der Waals surface area contributed by atoms with Gasteiger partial charge in [-0.3, -0.25) is 9.69 Å². The highest BCUT2D eigenvalue weighted by atomic mass is 35.5. The van der Waals surface area contributed by atoms with E-state index in [1.165, 1.54) is 0 Å². The van der Waals surface area contributed by atoms with Gasteiger partial charge in [0, 0.05) is 50.3 Å². The molecule has 120 valence electrons. The lowest BCUT2D eigenvalue weighted by atomic mass is 10.1. The predicted octanol–water partition coefficient (Wildman–Crippen LogP) is 1.47. The molecule has 0 spiro atoms. The molecule has 1 N–H and O–H groups in total. The summed E-state index contributed by atoms with van der Waals surface area (Å²) in [6, 6.07) is 5.65. The van der Waals surface area contributed by atoms with Crippen LogP contribution < -0.4 is 10.1 Å². The Labute approximate surface area is 136 Å². The molecule has 1 atom stereocenters. The third-order valence-corrected chi connectivity index (χ3v) is 4.75. The van der Waals surface area contributed by atoms with Crippen LogP contribution in [0.15, 0.2) is 18.2 Å². The molecule has 1 unspecified atom stereocenters. The Balaban J connectivity index is 1.70. The van der Waals surface area contributed by atoms with Gasteiger partial charge in [-0.1, -0.05) is 11.6 Å². The third-order valence-electron chi connectivity index (χ3n) is 4.51. The maximum Gasteiger partial charge on any atom is 0.257 e. The summed E-state index contributed by atoms with van der Waals surface area (Å²) in [6.45, 7) is 5.77. The molecule has 2 aliphatic heterocycles. The summed E-state index contributed by atoms with van der Waals surface area (Å²) in [5, 5.41) is 3.92. The fraction of sp³-hybridized carbons (Fsp3) is 0.562. The van der Waals surface area contributed by atoms with Crippen LogP contribution >= 0.6 is 11.6 Å². The molecule has 2 heterocycles. The van der Waals surface area contributed by atoms with Gasteiger partial charge < -0.3 is 15.0 Å². The number of amides is 1. The molecule has 0 saturated carbocycles. The maximum atomic E-state index is 12.8. The molecular formula is C16H22ClN3O2. The van der Waals surface area contributed by atoms with E-state index in [2.05, 4.69) is 10.2 Å². The first-order chi connectivity index (χ1) is 10.7. The number of rotatable bonds is 3. The SMILES string of the molecule is COc1ccc(Cl)cc1C(=O)N1CCC(N2CCNCC2)C1. The Hall–Kier alpha value is -1.30. The van der Waals surface area contributed by atoms with Crippen LogP contribution in [0.25, 0.3) is 0 Å². The van der Waals surface area contributed by atoms with Crippen LogP contribution in [-0.2, 0) is 0 Å². The van der Waals surface area contributed by atoms with E-state index in [1.54, 1.807) is 25.3 Å². The highest BCUT2D eigenvalue weighted by Gasteiger charge is 2.32. The monoisotopic (exact) mass is 323 g/mol. The lowest BCUT2D eigenvalue weighted by Gasteiger charge is -2.32. The standard InChI is InChI=1S/C16H22ClN3O2/c1-22-15-3-2-12(17)10-14(15)16(21)20-7-4-13(11-20)19-8-5-18-6-9-19/h2-3,10,13,18H,4-9,11H2,1H3. The van der Waals surface area contributed by atoms with E-state index in [1.807, 2.05) is 4.90 Å². The van der Waals surface area contributed by atoms with Crippen LogP contribution in [0.3, 0.4) is 0 Å². The van der Waals surface area contributed by atoms with Crippen molar-refractivity contribution in [3.8, 4) is 5.75 Å². The smallest absolute Gasteiger partial charge is 0.257 e. The minimum atomic E-state index is 0.0111. The van der Waals surface area contributed by atoms with Crippen molar-refractivity contribution < 1.29 is 9.53 Å². The molecule has 0 radical (unpaired) electrons. The number of carbonyl (C=O) groups is 1. The van der Waals surface area contributed by atoms with E-state index in [0.717, 1.165) is 45.7 Å². The number of nitrogens with one attached hydrogen (secondary N) is 1. The molecule has 0 bridgehead atoms. The number of likely N-dealkylation sites (tertiary alicyclic amines) is 1. The number of nitrogens with zero attached hydrogens (tertiary/aromatic N) is 2. The summed E-state index contributed by atoms with van der Waals surface area (Å²) >= 11 is 6.03. The van der Waals surface area contributed by atoms with Gasteiger partial charge in [0.05, 0.1) is 12.7 Å². The van der Waals surface area contributed by atoms with Crippen LogP contribution in [0, 0.1) is 0 Å². The van der Waals surface area contributed by atoms with E-state index in [-0.39, 0.29) is 5.91 Å². The number of piperazine rings is 1. The molecule has 1 aromatic rings. The first-order valence-electron chi connectivity index (χ1n) is 7.76. The quantitative estimate of drug-likeness (QED) is 0.915. The summed E-state index contributed by atoms with van der Waals surface area (Å²) in [5.41, 5.74) is 0.552. The number of ether oxygens (including phenoxy) is 1. The van der Waals surface area contributed by atoms with Crippen LogP contribution in [0.4, 0.5) is 0 Å². The molecule has 3 rings (SSSR count). The van der Waals surface area contributed by atoms with Crippen molar-refractivity contribution >= 4 is 17.5 Å². The van der Waals surface area contributed by atoms with Gasteiger partial charge in [-0.25, -0.2) is 0 Å². The average Bonchev–Trinajstić information content (AvgIpc) is 3.05. The van der Waals surface area contributed by atoms with Gasteiger partial charge in [0.15, 0.2) is 0 Å². The largest absolute Gasteiger partial charge is 0.496 e. The van der Waals surface area contributed by atoms with Gasteiger partial charge in [0.1, 0.15) is 5.75 Å². The highest BCUT2D eigenvalue weighted by Crippen LogP contribution is 2.26. The molecule has 5 nitrogen and oxygen atoms in total. The highest BCUT2D eigenvalue weighted by molar-refractivity contribution is 6.31. The maximum absolute atomic E-state index is 12.8. The minimum Gasteiger partial charge on any atom is -0.496 e. The summed E-state index contributed by atoms with van der Waals surface area (Å²) in [6.07, 6.45) is 1.04. The number of methoxy groups -OCH3 is 1. The fourth-order valence-corrected chi connectivity index (χ4v) is 3.46. The van der Waals surface area contributed by atoms with Crippen molar-refractivity contribution in [1.29, 1.82) is 0 Å². The zero-order valence-electron chi connectivity index (χ0n) is 12.8. The van der Waals surface area contributed by atoms with E-state index >= 15 is 0 Å². The molecule has 0 aromatic heterocycles. The molecule has 2 aliphatic rings. The van der Waals surface area contributed by atoms with Crippen LogP contribution in [-0.4, -0.2) is 68.1 Å². The van der Waals surface area contributed by atoms with Gasteiger partial charge in [0.2, 0.25) is 0 Å². The van der Waals surface area contributed by atoms with Crippen molar-refractivity contribution in [2.24, 2.45) is 0 Å². The van der Waals surface area contributed by atoms with Crippen molar-refractivity contribution in [1.82, 2.24) is 15.1 Å². The third kappa shape index (κ3) is 3.21. The van der Waals surface area contributed by atoms with Crippen LogP contribution in [0.5, 0.6) is 5.75 Å². The average molecular weight is 324 g/mol.